The predicted octanol–water partition coefficient (Wildman–Crippen LogP) is 2.66. The van der Waals surface area contributed by atoms with Gasteiger partial charge in [-0.3, -0.25) is 4.79 Å². The van der Waals surface area contributed by atoms with Crippen LogP contribution in [-0.4, -0.2) is 37.0 Å². The third kappa shape index (κ3) is 2.96. The van der Waals surface area contributed by atoms with E-state index in [0.717, 1.165) is 32.4 Å². The summed E-state index contributed by atoms with van der Waals surface area (Å²) in [5.74, 6) is 1.30. The summed E-state index contributed by atoms with van der Waals surface area (Å²) in [6.07, 6.45) is 5.77. The number of amides is 1. The molecule has 1 saturated carbocycles. The van der Waals surface area contributed by atoms with Crippen molar-refractivity contribution in [1.29, 1.82) is 0 Å². The molecule has 1 N–H and O–H groups in total. The van der Waals surface area contributed by atoms with Crippen LogP contribution in [0.4, 0.5) is 0 Å². The van der Waals surface area contributed by atoms with E-state index >= 15 is 0 Å². The molecule has 3 atom stereocenters. The van der Waals surface area contributed by atoms with Crippen LogP contribution in [0.2, 0.25) is 0 Å². The van der Waals surface area contributed by atoms with Crippen molar-refractivity contribution in [2.24, 2.45) is 17.3 Å². The van der Waals surface area contributed by atoms with Gasteiger partial charge in [0.25, 0.3) is 0 Å². The summed E-state index contributed by atoms with van der Waals surface area (Å²) < 4.78 is 0. The quantitative estimate of drug-likeness (QED) is 0.852. The third-order valence-corrected chi connectivity index (χ3v) is 5.50. The third-order valence-electron chi connectivity index (χ3n) is 5.50. The molecule has 2 rings (SSSR count). The zero-order valence-corrected chi connectivity index (χ0v) is 13.0. The molecule has 0 aromatic carbocycles. The van der Waals surface area contributed by atoms with E-state index in [2.05, 4.69) is 31.0 Å². The van der Waals surface area contributed by atoms with Gasteiger partial charge in [0, 0.05) is 25.0 Å². The van der Waals surface area contributed by atoms with E-state index in [4.69, 9.17) is 0 Å². The van der Waals surface area contributed by atoms with Gasteiger partial charge in [-0.25, -0.2) is 0 Å². The lowest BCUT2D eigenvalue weighted by Crippen LogP contribution is -2.52. The molecule has 0 aromatic rings. The van der Waals surface area contributed by atoms with E-state index in [-0.39, 0.29) is 11.3 Å². The van der Waals surface area contributed by atoms with Crippen molar-refractivity contribution in [3.05, 3.63) is 0 Å². The average Bonchev–Trinajstić information content (AvgIpc) is 2.76. The van der Waals surface area contributed by atoms with Crippen molar-refractivity contribution in [3.8, 4) is 0 Å². The van der Waals surface area contributed by atoms with Crippen LogP contribution in [-0.2, 0) is 4.79 Å². The Labute approximate surface area is 118 Å². The highest BCUT2D eigenvalue weighted by Gasteiger charge is 2.42. The topological polar surface area (TPSA) is 32.3 Å². The lowest BCUT2D eigenvalue weighted by atomic mass is 9.80. The van der Waals surface area contributed by atoms with E-state index in [1.54, 1.807) is 0 Å². The summed E-state index contributed by atoms with van der Waals surface area (Å²) >= 11 is 0. The molecule has 3 unspecified atom stereocenters. The number of carbonyl (C=O) groups is 1. The Bertz CT molecular complexity index is 327. The molecule has 1 aliphatic carbocycles. The Balaban J connectivity index is 2.01. The first-order chi connectivity index (χ1) is 8.99. The maximum absolute atomic E-state index is 12.8. The molecule has 1 amide bonds. The molecular formula is C16H30N2O. The molecule has 110 valence electrons. The van der Waals surface area contributed by atoms with Gasteiger partial charge in [0.2, 0.25) is 5.91 Å². The zero-order chi connectivity index (χ0) is 14.0. The first-order valence-corrected chi connectivity index (χ1v) is 7.95. The molecule has 1 heterocycles. The Kier molecular flexibility index (Phi) is 4.54. The van der Waals surface area contributed by atoms with E-state index < -0.39 is 0 Å². The normalized spacial score (nSPS) is 34.5. The Morgan fingerprint density at radius 3 is 2.63 bits per heavy atom. The second-order valence-corrected chi connectivity index (χ2v) is 7.07. The fourth-order valence-corrected chi connectivity index (χ4v) is 4.03. The standard InChI is InChI=1S/C16H30N2O/c1-5-12-11-18(10-8-14(12)17-4)15(19)13-7-6-9-16(13,2)3/h12-14,17H,5-11H2,1-4H3. The van der Waals surface area contributed by atoms with E-state index in [1.807, 2.05) is 7.05 Å². The maximum Gasteiger partial charge on any atom is 0.226 e. The summed E-state index contributed by atoms with van der Waals surface area (Å²) in [4.78, 5) is 14.9. The molecule has 19 heavy (non-hydrogen) atoms. The molecule has 2 aliphatic rings. The van der Waals surface area contributed by atoms with E-state index in [9.17, 15) is 4.79 Å². The molecular weight excluding hydrogens is 236 g/mol. The summed E-state index contributed by atoms with van der Waals surface area (Å²) in [6, 6.07) is 0.589. The lowest BCUT2D eigenvalue weighted by molar-refractivity contribution is -0.140. The molecule has 0 bridgehead atoms. The van der Waals surface area contributed by atoms with Crippen LogP contribution in [0.1, 0.15) is 52.9 Å². The highest BCUT2D eigenvalue weighted by Crippen LogP contribution is 2.43. The smallest absolute Gasteiger partial charge is 0.226 e. The van der Waals surface area contributed by atoms with Crippen molar-refractivity contribution in [2.75, 3.05) is 20.1 Å². The van der Waals surface area contributed by atoms with Crippen molar-refractivity contribution >= 4 is 5.91 Å². The maximum atomic E-state index is 12.8. The van der Waals surface area contributed by atoms with Gasteiger partial charge in [-0.1, -0.05) is 33.6 Å². The van der Waals surface area contributed by atoms with Crippen LogP contribution in [0, 0.1) is 17.3 Å². The monoisotopic (exact) mass is 266 g/mol. The summed E-state index contributed by atoms with van der Waals surface area (Å²) in [5, 5.41) is 3.41. The molecule has 1 saturated heterocycles. The SMILES string of the molecule is CCC1CN(C(=O)C2CCCC2(C)C)CCC1NC. The van der Waals surface area contributed by atoms with Gasteiger partial charge in [0.15, 0.2) is 0 Å². The number of rotatable bonds is 3. The van der Waals surface area contributed by atoms with Crippen LogP contribution in [0.25, 0.3) is 0 Å². The molecule has 2 fully saturated rings. The zero-order valence-electron chi connectivity index (χ0n) is 13.0. The number of likely N-dealkylation sites (tertiary alicyclic amines) is 1. The Hall–Kier alpha value is -0.570. The number of nitrogens with one attached hydrogen (secondary N) is 1. The first-order valence-electron chi connectivity index (χ1n) is 7.95. The van der Waals surface area contributed by atoms with Crippen molar-refractivity contribution in [2.45, 2.75) is 58.9 Å². The lowest BCUT2D eigenvalue weighted by Gasteiger charge is -2.41. The average molecular weight is 266 g/mol. The van der Waals surface area contributed by atoms with Crippen LogP contribution in [0.5, 0.6) is 0 Å². The second-order valence-electron chi connectivity index (χ2n) is 7.07. The van der Waals surface area contributed by atoms with Gasteiger partial charge in [0.1, 0.15) is 0 Å². The fourth-order valence-electron chi connectivity index (χ4n) is 4.03. The predicted molar refractivity (Wildman–Crippen MR) is 78.9 cm³/mol. The number of hydrogen-bond acceptors (Lipinski definition) is 2. The summed E-state index contributed by atoms with van der Waals surface area (Å²) in [5.41, 5.74) is 0.207. The van der Waals surface area contributed by atoms with Crippen LogP contribution in [0.15, 0.2) is 0 Å². The summed E-state index contributed by atoms with van der Waals surface area (Å²) in [7, 11) is 2.05. The number of nitrogens with zero attached hydrogens (tertiary/aromatic N) is 1. The van der Waals surface area contributed by atoms with Crippen LogP contribution in [0.3, 0.4) is 0 Å². The minimum absolute atomic E-state index is 0.207. The second kappa shape index (κ2) is 5.82. The van der Waals surface area contributed by atoms with Crippen molar-refractivity contribution in [1.82, 2.24) is 10.2 Å². The van der Waals surface area contributed by atoms with Gasteiger partial charge >= 0.3 is 0 Å². The Morgan fingerprint density at radius 2 is 2.11 bits per heavy atom. The van der Waals surface area contributed by atoms with Crippen LogP contribution < -0.4 is 5.32 Å². The number of carbonyl (C=O) groups excluding carboxylic acids is 1. The number of piperidine rings is 1. The molecule has 0 radical (unpaired) electrons. The van der Waals surface area contributed by atoms with Crippen molar-refractivity contribution < 1.29 is 4.79 Å². The molecule has 3 heteroatoms. The first kappa shape index (κ1) is 14.8. The van der Waals surface area contributed by atoms with Crippen molar-refractivity contribution in [3.63, 3.8) is 0 Å². The molecule has 0 spiro atoms. The largest absolute Gasteiger partial charge is 0.342 e. The van der Waals surface area contributed by atoms with Gasteiger partial charge in [-0.2, -0.15) is 0 Å². The molecule has 0 aromatic heterocycles. The Morgan fingerprint density at radius 1 is 1.37 bits per heavy atom. The number of hydrogen-bond donors (Lipinski definition) is 1. The highest BCUT2D eigenvalue weighted by molar-refractivity contribution is 5.80. The van der Waals surface area contributed by atoms with Gasteiger partial charge in [-0.15, -0.1) is 0 Å². The van der Waals surface area contributed by atoms with E-state index in [0.29, 0.717) is 17.9 Å². The molecule has 3 nitrogen and oxygen atoms in total. The minimum atomic E-state index is 0.207. The fraction of sp³-hybridized carbons (Fsp3) is 0.938. The van der Waals surface area contributed by atoms with Gasteiger partial charge < -0.3 is 10.2 Å². The van der Waals surface area contributed by atoms with E-state index in [1.165, 1.54) is 12.8 Å². The summed E-state index contributed by atoms with van der Waals surface area (Å²) in [6.45, 7) is 8.66. The van der Waals surface area contributed by atoms with Crippen LogP contribution >= 0.6 is 0 Å². The molecule has 1 aliphatic heterocycles. The van der Waals surface area contributed by atoms with Gasteiger partial charge in [0.05, 0.1) is 0 Å². The highest BCUT2D eigenvalue weighted by atomic mass is 16.2. The van der Waals surface area contributed by atoms with Gasteiger partial charge in [-0.05, 0) is 37.6 Å². The minimum Gasteiger partial charge on any atom is -0.342 e.